The second kappa shape index (κ2) is 6.02. The molecular formula is C14H28N2O2. The van der Waals surface area contributed by atoms with Crippen LogP contribution in [0, 0.1) is 11.3 Å². The molecule has 1 aliphatic rings. The lowest BCUT2D eigenvalue weighted by Gasteiger charge is -2.28. The van der Waals surface area contributed by atoms with Crippen LogP contribution in [0.3, 0.4) is 0 Å². The molecule has 18 heavy (non-hydrogen) atoms. The summed E-state index contributed by atoms with van der Waals surface area (Å²) in [6, 6.07) is 0. The van der Waals surface area contributed by atoms with Crippen LogP contribution < -0.4 is 11.5 Å². The molecule has 0 aromatic rings. The van der Waals surface area contributed by atoms with Gasteiger partial charge >= 0.3 is 0 Å². The number of rotatable bonds is 6. The van der Waals surface area contributed by atoms with Gasteiger partial charge in [0.05, 0.1) is 5.54 Å². The standard InChI is InChI=1S/C14H28N2O2/c1-13(2,3)8-10-18-9-6-11-5-4-7-14(11,16)12(15)17/h11H,4-10,16H2,1-3H3,(H2,15,17). The van der Waals surface area contributed by atoms with Crippen molar-refractivity contribution in [3.05, 3.63) is 0 Å². The van der Waals surface area contributed by atoms with Crippen molar-refractivity contribution in [2.75, 3.05) is 13.2 Å². The van der Waals surface area contributed by atoms with Gasteiger partial charge < -0.3 is 16.2 Å². The minimum atomic E-state index is -0.798. The minimum absolute atomic E-state index is 0.185. The van der Waals surface area contributed by atoms with E-state index in [0.717, 1.165) is 38.7 Å². The van der Waals surface area contributed by atoms with Crippen LogP contribution in [0.15, 0.2) is 0 Å². The Bertz CT molecular complexity index is 286. The van der Waals surface area contributed by atoms with Gasteiger partial charge in [0, 0.05) is 13.2 Å². The zero-order valence-electron chi connectivity index (χ0n) is 12.0. The monoisotopic (exact) mass is 256 g/mol. The van der Waals surface area contributed by atoms with E-state index in [1.165, 1.54) is 0 Å². The molecule has 0 radical (unpaired) electrons. The van der Waals surface area contributed by atoms with Crippen LogP contribution in [-0.4, -0.2) is 24.7 Å². The Hall–Kier alpha value is -0.610. The Kier molecular flexibility index (Phi) is 5.17. The molecule has 0 saturated heterocycles. The van der Waals surface area contributed by atoms with Crippen molar-refractivity contribution >= 4 is 5.91 Å². The lowest BCUT2D eigenvalue weighted by Crippen LogP contribution is -2.54. The SMILES string of the molecule is CC(C)(C)CCOCCC1CCCC1(N)C(N)=O. The first-order valence-corrected chi connectivity index (χ1v) is 6.92. The molecule has 0 bridgehead atoms. The third-order valence-electron chi connectivity index (χ3n) is 3.94. The number of hydrogen-bond acceptors (Lipinski definition) is 3. The molecule has 4 heteroatoms. The Morgan fingerprint density at radius 3 is 2.61 bits per heavy atom. The maximum Gasteiger partial charge on any atom is 0.237 e. The van der Waals surface area contributed by atoms with Gasteiger partial charge in [-0.05, 0) is 37.0 Å². The topological polar surface area (TPSA) is 78.3 Å². The summed E-state index contributed by atoms with van der Waals surface area (Å²) in [5.41, 5.74) is 11.0. The largest absolute Gasteiger partial charge is 0.381 e. The van der Waals surface area contributed by atoms with Crippen molar-refractivity contribution in [2.45, 2.75) is 58.4 Å². The highest BCUT2D eigenvalue weighted by Gasteiger charge is 2.43. The van der Waals surface area contributed by atoms with Crippen molar-refractivity contribution < 1.29 is 9.53 Å². The zero-order chi connectivity index (χ0) is 13.8. The molecule has 1 rings (SSSR count). The number of carbonyl (C=O) groups excluding carboxylic acids is 1. The van der Waals surface area contributed by atoms with Crippen molar-refractivity contribution in [3.63, 3.8) is 0 Å². The molecule has 0 heterocycles. The Morgan fingerprint density at radius 1 is 1.39 bits per heavy atom. The van der Waals surface area contributed by atoms with Gasteiger partial charge in [-0.3, -0.25) is 4.79 Å². The van der Waals surface area contributed by atoms with Gasteiger partial charge in [-0.15, -0.1) is 0 Å². The van der Waals surface area contributed by atoms with E-state index in [9.17, 15) is 4.79 Å². The molecule has 1 aliphatic carbocycles. The van der Waals surface area contributed by atoms with Crippen LogP contribution in [-0.2, 0) is 9.53 Å². The normalized spacial score (nSPS) is 28.6. The molecule has 0 aromatic heterocycles. The molecule has 0 spiro atoms. The summed E-state index contributed by atoms with van der Waals surface area (Å²) < 4.78 is 5.64. The number of amides is 1. The predicted octanol–water partition coefficient (Wildman–Crippen LogP) is 1.81. The number of carbonyl (C=O) groups is 1. The zero-order valence-corrected chi connectivity index (χ0v) is 12.0. The van der Waals surface area contributed by atoms with E-state index < -0.39 is 5.54 Å². The van der Waals surface area contributed by atoms with E-state index in [1.54, 1.807) is 0 Å². The molecule has 4 nitrogen and oxygen atoms in total. The van der Waals surface area contributed by atoms with Gasteiger partial charge in [-0.25, -0.2) is 0 Å². The third kappa shape index (κ3) is 4.25. The number of primary amides is 1. The first-order valence-electron chi connectivity index (χ1n) is 6.92. The third-order valence-corrected chi connectivity index (χ3v) is 3.94. The molecule has 106 valence electrons. The van der Waals surface area contributed by atoms with Crippen LogP contribution in [0.1, 0.15) is 52.9 Å². The van der Waals surface area contributed by atoms with Gasteiger partial charge in [-0.1, -0.05) is 27.2 Å². The Labute approximate surface area is 110 Å². The van der Waals surface area contributed by atoms with Crippen molar-refractivity contribution in [1.82, 2.24) is 0 Å². The van der Waals surface area contributed by atoms with Gasteiger partial charge in [0.15, 0.2) is 0 Å². The van der Waals surface area contributed by atoms with E-state index in [0.29, 0.717) is 12.0 Å². The summed E-state index contributed by atoms with van der Waals surface area (Å²) >= 11 is 0. The molecule has 2 unspecified atom stereocenters. The van der Waals surface area contributed by atoms with E-state index in [2.05, 4.69) is 20.8 Å². The molecule has 1 amide bonds. The summed E-state index contributed by atoms with van der Waals surface area (Å²) in [6.07, 6.45) is 4.58. The van der Waals surface area contributed by atoms with Crippen LogP contribution in [0.4, 0.5) is 0 Å². The maximum absolute atomic E-state index is 11.4. The van der Waals surface area contributed by atoms with E-state index in [4.69, 9.17) is 16.2 Å². The highest BCUT2D eigenvalue weighted by Crippen LogP contribution is 2.35. The molecule has 0 aliphatic heterocycles. The number of hydrogen-bond donors (Lipinski definition) is 2. The average molecular weight is 256 g/mol. The highest BCUT2D eigenvalue weighted by atomic mass is 16.5. The lowest BCUT2D eigenvalue weighted by molar-refractivity contribution is -0.124. The van der Waals surface area contributed by atoms with Gasteiger partial charge in [0.2, 0.25) is 5.91 Å². The van der Waals surface area contributed by atoms with Gasteiger partial charge in [0.1, 0.15) is 0 Å². The Morgan fingerprint density at radius 2 is 2.06 bits per heavy atom. The van der Waals surface area contributed by atoms with Crippen LogP contribution in [0.2, 0.25) is 0 Å². The van der Waals surface area contributed by atoms with Crippen LogP contribution in [0.5, 0.6) is 0 Å². The minimum Gasteiger partial charge on any atom is -0.381 e. The Balaban J connectivity index is 2.25. The van der Waals surface area contributed by atoms with E-state index >= 15 is 0 Å². The highest BCUT2D eigenvalue weighted by molar-refractivity contribution is 5.85. The smallest absolute Gasteiger partial charge is 0.237 e. The summed E-state index contributed by atoms with van der Waals surface area (Å²) in [7, 11) is 0. The molecule has 1 fully saturated rings. The van der Waals surface area contributed by atoms with Crippen LogP contribution >= 0.6 is 0 Å². The van der Waals surface area contributed by atoms with Crippen molar-refractivity contribution in [1.29, 1.82) is 0 Å². The summed E-state index contributed by atoms with van der Waals surface area (Å²) in [6.45, 7) is 8.04. The quantitative estimate of drug-likeness (QED) is 0.711. The van der Waals surface area contributed by atoms with E-state index in [-0.39, 0.29) is 11.8 Å². The van der Waals surface area contributed by atoms with Crippen molar-refractivity contribution in [3.8, 4) is 0 Å². The molecule has 2 atom stereocenters. The first-order chi connectivity index (χ1) is 8.26. The molecule has 1 saturated carbocycles. The fraction of sp³-hybridized carbons (Fsp3) is 0.929. The van der Waals surface area contributed by atoms with Gasteiger partial charge in [0.25, 0.3) is 0 Å². The van der Waals surface area contributed by atoms with Crippen LogP contribution in [0.25, 0.3) is 0 Å². The number of nitrogens with two attached hydrogens (primary N) is 2. The maximum atomic E-state index is 11.4. The fourth-order valence-electron chi connectivity index (χ4n) is 2.53. The molecular weight excluding hydrogens is 228 g/mol. The average Bonchev–Trinajstić information content (AvgIpc) is 2.59. The van der Waals surface area contributed by atoms with Crippen molar-refractivity contribution in [2.24, 2.45) is 22.8 Å². The predicted molar refractivity (Wildman–Crippen MR) is 73.0 cm³/mol. The number of ether oxygens (including phenoxy) is 1. The second-order valence-electron chi connectivity index (χ2n) is 6.71. The summed E-state index contributed by atoms with van der Waals surface area (Å²) in [5.74, 6) is -0.177. The first kappa shape index (κ1) is 15.4. The van der Waals surface area contributed by atoms with Gasteiger partial charge in [-0.2, -0.15) is 0 Å². The van der Waals surface area contributed by atoms with E-state index in [1.807, 2.05) is 0 Å². The fourth-order valence-corrected chi connectivity index (χ4v) is 2.53. The second-order valence-corrected chi connectivity index (χ2v) is 6.71. The molecule has 4 N–H and O–H groups in total. The summed E-state index contributed by atoms with van der Waals surface area (Å²) in [5, 5.41) is 0. The summed E-state index contributed by atoms with van der Waals surface area (Å²) in [4.78, 5) is 11.4. The lowest BCUT2D eigenvalue weighted by atomic mass is 9.85. The molecule has 0 aromatic carbocycles.